The molecule has 0 radical (unpaired) electrons. The van der Waals surface area contributed by atoms with Gasteiger partial charge in [-0.05, 0) is 42.3 Å². The van der Waals surface area contributed by atoms with Crippen LogP contribution < -0.4 is 5.56 Å². The Balaban J connectivity index is 2.04. The van der Waals surface area contributed by atoms with Crippen LogP contribution in [0.1, 0.15) is 12.0 Å². The van der Waals surface area contributed by atoms with Crippen LogP contribution in [-0.4, -0.2) is 21.0 Å². The predicted octanol–water partition coefficient (Wildman–Crippen LogP) is 3.50. The molecule has 1 aromatic carbocycles. The number of halogens is 1. The van der Waals surface area contributed by atoms with Gasteiger partial charge in [0.05, 0.1) is 11.1 Å². The van der Waals surface area contributed by atoms with E-state index in [4.69, 9.17) is 5.11 Å². The summed E-state index contributed by atoms with van der Waals surface area (Å²) in [7, 11) is 0. The summed E-state index contributed by atoms with van der Waals surface area (Å²) in [5.41, 5.74) is 1.14. The van der Waals surface area contributed by atoms with Crippen LogP contribution in [0.3, 0.4) is 0 Å². The topological polar surface area (TPSA) is 80.2 Å². The van der Waals surface area contributed by atoms with Gasteiger partial charge in [-0.15, -0.1) is 11.3 Å². The number of hydrogen-bond donors (Lipinski definition) is 1. The number of carboxylic acids is 1. The lowest BCUT2D eigenvalue weighted by Crippen LogP contribution is -2.06. The number of carboxylic acid groups (broad SMARTS) is 1. The quantitative estimate of drug-likeness (QED) is 0.737. The summed E-state index contributed by atoms with van der Waals surface area (Å²) in [4.78, 5) is 31.2. The van der Waals surface area contributed by atoms with E-state index in [1.54, 1.807) is 24.4 Å². The molecule has 0 aliphatic rings. The monoisotopic (exact) mass is 390 g/mol. The molecule has 1 N–H and O–H groups in total. The number of nitrogens with zero attached hydrogens (tertiary/aromatic N) is 2. The maximum atomic E-state index is 12.2. The third-order valence-corrected chi connectivity index (χ3v) is 4.80. The summed E-state index contributed by atoms with van der Waals surface area (Å²) >= 11 is 4.78. The van der Waals surface area contributed by atoms with E-state index in [1.807, 2.05) is 12.1 Å². The van der Waals surface area contributed by atoms with Crippen LogP contribution in [0.5, 0.6) is 0 Å². The molecule has 2 aromatic heterocycles. The summed E-state index contributed by atoms with van der Waals surface area (Å²) in [6.45, 7) is 0. The summed E-state index contributed by atoms with van der Waals surface area (Å²) in [5, 5.41) is 9.87. The van der Waals surface area contributed by atoms with Crippen molar-refractivity contribution in [2.45, 2.75) is 12.8 Å². The Bertz CT molecular complexity index is 955. The zero-order valence-electron chi connectivity index (χ0n) is 11.8. The van der Waals surface area contributed by atoms with Crippen molar-refractivity contribution in [3.63, 3.8) is 0 Å². The first kappa shape index (κ1) is 15.8. The van der Waals surface area contributed by atoms with Crippen LogP contribution >= 0.6 is 27.3 Å². The van der Waals surface area contributed by atoms with Crippen LogP contribution in [0.2, 0.25) is 0 Å². The number of carbonyl (C=O) groups is 1. The van der Waals surface area contributed by atoms with E-state index >= 15 is 0 Å². The second-order valence-corrected chi connectivity index (χ2v) is 6.85. The SMILES string of the molecule is O=C(O)CCc1ccnc(-c2nc(=O)c3ccc(Br)cc3s2)c1. The molecule has 7 heteroatoms. The smallest absolute Gasteiger partial charge is 0.303 e. The van der Waals surface area contributed by atoms with Crippen molar-refractivity contribution < 1.29 is 9.90 Å². The lowest BCUT2D eigenvalue weighted by atomic mass is 10.1. The van der Waals surface area contributed by atoms with Crippen molar-refractivity contribution in [2.24, 2.45) is 0 Å². The van der Waals surface area contributed by atoms with Crippen LogP contribution in [-0.2, 0) is 11.2 Å². The van der Waals surface area contributed by atoms with Crippen LogP contribution in [0.15, 0.2) is 45.8 Å². The first-order chi connectivity index (χ1) is 11.0. The number of rotatable bonds is 4. The number of benzene rings is 1. The van der Waals surface area contributed by atoms with E-state index in [1.165, 1.54) is 11.3 Å². The molecule has 5 nitrogen and oxygen atoms in total. The van der Waals surface area contributed by atoms with Gasteiger partial charge in [0.15, 0.2) is 0 Å². The maximum Gasteiger partial charge on any atom is 0.303 e. The number of aryl methyl sites for hydroxylation is 1. The predicted molar refractivity (Wildman–Crippen MR) is 92.8 cm³/mol. The Kier molecular flexibility index (Phi) is 4.49. The average molecular weight is 391 g/mol. The van der Waals surface area contributed by atoms with Gasteiger partial charge in [-0.1, -0.05) is 15.9 Å². The molecular weight excluding hydrogens is 380 g/mol. The molecule has 3 rings (SSSR count). The van der Waals surface area contributed by atoms with Gasteiger partial charge >= 0.3 is 5.97 Å². The zero-order valence-corrected chi connectivity index (χ0v) is 14.2. The molecule has 0 amide bonds. The Morgan fingerprint density at radius 1 is 1.26 bits per heavy atom. The average Bonchev–Trinajstić information content (AvgIpc) is 2.52. The standard InChI is InChI=1S/C16H11BrN2O3S/c17-10-2-3-11-13(8-10)23-16(19-15(11)22)12-7-9(5-6-18-12)1-4-14(20)21/h2-3,5-8H,1,4H2,(H,20,21). The molecule has 116 valence electrons. The summed E-state index contributed by atoms with van der Waals surface area (Å²) in [6.07, 6.45) is 2.08. The van der Waals surface area contributed by atoms with Gasteiger partial charge in [0.1, 0.15) is 5.01 Å². The van der Waals surface area contributed by atoms with Crippen molar-refractivity contribution in [2.75, 3.05) is 0 Å². The molecule has 0 saturated heterocycles. The zero-order chi connectivity index (χ0) is 16.4. The first-order valence-electron chi connectivity index (χ1n) is 6.80. The Labute approximate surface area is 143 Å². The third-order valence-electron chi connectivity index (χ3n) is 3.25. The van der Waals surface area contributed by atoms with Crippen molar-refractivity contribution in [1.82, 2.24) is 9.97 Å². The van der Waals surface area contributed by atoms with Crippen LogP contribution in [0, 0.1) is 0 Å². The molecule has 0 bridgehead atoms. The second kappa shape index (κ2) is 6.55. The number of aliphatic carboxylic acids is 1. The van der Waals surface area contributed by atoms with Crippen LogP contribution in [0.25, 0.3) is 20.8 Å². The third kappa shape index (κ3) is 3.62. The largest absolute Gasteiger partial charge is 0.481 e. The van der Waals surface area contributed by atoms with Gasteiger partial charge in [-0.2, -0.15) is 4.98 Å². The highest BCUT2D eigenvalue weighted by atomic mass is 79.9. The van der Waals surface area contributed by atoms with E-state index < -0.39 is 5.97 Å². The molecule has 0 atom stereocenters. The van der Waals surface area contributed by atoms with E-state index in [2.05, 4.69) is 25.9 Å². The Hall–Kier alpha value is -2.12. The van der Waals surface area contributed by atoms with Gasteiger partial charge in [-0.3, -0.25) is 14.6 Å². The van der Waals surface area contributed by atoms with Gasteiger partial charge in [0.25, 0.3) is 5.56 Å². The summed E-state index contributed by atoms with van der Waals surface area (Å²) < 4.78 is 1.72. The van der Waals surface area contributed by atoms with E-state index in [9.17, 15) is 9.59 Å². The van der Waals surface area contributed by atoms with E-state index in [0.717, 1.165) is 14.7 Å². The number of fused-ring (bicyclic) bond motifs is 1. The highest BCUT2D eigenvalue weighted by Crippen LogP contribution is 2.27. The molecule has 3 aromatic rings. The molecule has 0 saturated carbocycles. The van der Waals surface area contributed by atoms with Gasteiger partial charge < -0.3 is 5.11 Å². The lowest BCUT2D eigenvalue weighted by Gasteiger charge is -2.04. The summed E-state index contributed by atoms with van der Waals surface area (Å²) in [6, 6.07) is 8.98. The molecule has 23 heavy (non-hydrogen) atoms. The molecule has 0 spiro atoms. The Morgan fingerprint density at radius 2 is 2.09 bits per heavy atom. The molecular formula is C16H11BrN2O3S. The van der Waals surface area contributed by atoms with Crippen molar-refractivity contribution in [3.8, 4) is 10.7 Å². The maximum absolute atomic E-state index is 12.2. The molecule has 0 aliphatic carbocycles. The minimum absolute atomic E-state index is 0.0534. The summed E-state index contributed by atoms with van der Waals surface area (Å²) in [5.74, 6) is -0.846. The van der Waals surface area contributed by atoms with Crippen molar-refractivity contribution >= 4 is 43.3 Å². The number of hydrogen-bond acceptors (Lipinski definition) is 5. The van der Waals surface area contributed by atoms with E-state index in [-0.39, 0.29) is 12.0 Å². The Morgan fingerprint density at radius 3 is 2.87 bits per heavy atom. The second-order valence-electron chi connectivity index (χ2n) is 4.91. The van der Waals surface area contributed by atoms with Gasteiger partial charge in [0.2, 0.25) is 0 Å². The fourth-order valence-electron chi connectivity index (χ4n) is 2.14. The number of aromatic nitrogens is 2. The van der Waals surface area contributed by atoms with Gasteiger partial charge in [-0.25, -0.2) is 0 Å². The lowest BCUT2D eigenvalue weighted by molar-refractivity contribution is -0.136. The highest BCUT2D eigenvalue weighted by Gasteiger charge is 2.09. The minimum atomic E-state index is -0.846. The van der Waals surface area contributed by atoms with Crippen LogP contribution in [0.4, 0.5) is 0 Å². The molecule has 0 fully saturated rings. The van der Waals surface area contributed by atoms with Gasteiger partial charge in [0, 0.05) is 21.8 Å². The first-order valence-corrected chi connectivity index (χ1v) is 8.41. The van der Waals surface area contributed by atoms with Crippen molar-refractivity contribution in [3.05, 3.63) is 56.9 Å². The van der Waals surface area contributed by atoms with Crippen molar-refractivity contribution in [1.29, 1.82) is 0 Å². The molecule has 0 unspecified atom stereocenters. The normalized spacial score (nSPS) is 10.8. The fourth-order valence-corrected chi connectivity index (χ4v) is 3.66. The number of pyridine rings is 1. The fraction of sp³-hybridized carbons (Fsp3) is 0.125. The molecule has 2 heterocycles. The highest BCUT2D eigenvalue weighted by molar-refractivity contribution is 9.10. The minimum Gasteiger partial charge on any atom is -0.481 e. The van der Waals surface area contributed by atoms with E-state index in [0.29, 0.717) is 22.5 Å². The molecule has 0 aliphatic heterocycles.